The molecule has 0 atom stereocenters. The number of piperidine rings is 1. The second kappa shape index (κ2) is 7.78. The first-order valence-electron chi connectivity index (χ1n) is 9.52. The Hall–Kier alpha value is -1.63. The van der Waals surface area contributed by atoms with Crippen LogP contribution in [-0.4, -0.2) is 48.0 Å². The molecule has 0 bridgehead atoms. The van der Waals surface area contributed by atoms with E-state index in [0.29, 0.717) is 19.1 Å². The molecule has 5 nitrogen and oxygen atoms in total. The first-order chi connectivity index (χ1) is 13.0. The van der Waals surface area contributed by atoms with Crippen molar-refractivity contribution < 1.29 is 14.3 Å². The molecule has 2 fully saturated rings. The zero-order chi connectivity index (χ0) is 19.0. The maximum atomic E-state index is 13.1. The van der Waals surface area contributed by atoms with E-state index in [-0.39, 0.29) is 12.2 Å². The Morgan fingerprint density at radius 2 is 1.70 bits per heavy atom. The number of aromatic nitrogens is 1. The molecule has 0 aliphatic carbocycles. The third kappa shape index (κ3) is 3.71. The average molecular weight is 433 g/mol. The fourth-order valence-corrected chi connectivity index (χ4v) is 4.43. The summed E-state index contributed by atoms with van der Waals surface area (Å²) in [4.78, 5) is 15.1. The quantitative estimate of drug-likeness (QED) is 0.733. The molecule has 1 aromatic carbocycles. The van der Waals surface area contributed by atoms with E-state index >= 15 is 0 Å². The minimum Gasteiger partial charge on any atom is -0.350 e. The van der Waals surface area contributed by atoms with Gasteiger partial charge in [0.25, 0.3) is 5.91 Å². The number of hydrogen-bond donors (Lipinski definition) is 0. The summed E-state index contributed by atoms with van der Waals surface area (Å²) in [7, 11) is 0. The van der Waals surface area contributed by atoms with Crippen LogP contribution in [0.25, 0.3) is 5.69 Å². The number of rotatable bonds is 3. The van der Waals surface area contributed by atoms with Gasteiger partial charge in [0.05, 0.1) is 18.8 Å². The molecule has 4 rings (SSSR count). The minimum atomic E-state index is -0.0790. The molecule has 2 aliphatic heterocycles. The Bertz CT molecular complexity index is 817. The van der Waals surface area contributed by atoms with Crippen LogP contribution in [0.2, 0.25) is 0 Å². The van der Waals surface area contributed by atoms with Crippen molar-refractivity contribution in [1.29, 1.82) is 0 Å². The maximum absolute atomic E-state index is 13.1. The summed E-state index contributed by atoms with van der Waals surface area (Å²) in [6.07, 6.45) is 1.79. The van der Waals surface area contributed by atoms with Crippen molar-refractivity contribution in [3.8, 4) is 5.69 Å². The first kappa shape index (κ1) is 18.7. The van der Waals surface area contributed by atoms with Crippen LogP contribution in [0, 0.1) is 19.8 Å². The van der Waals surface area contributed by atoms with Crippen molar-refractivity contribution in [2.24, 2.45) is 5.92 Å². The summed E-state index contributed by atoms with van der Waals surface area (Å²) in [5.74, 6) is 0.518. The van der Waals surface area contributed by atoms with Gasteiger partial charge in [-0.3, -0.25) is 4.79 Å². The van der Waals surface area contributed by atoms with E-state index in [1.54, 1.807) is 0 Å². The zero-order valence-corrected chi connectivity index (χ0v) is 17.4. The van der Waals surface area contributed by atoms with Crippen LogP contribution in [0.1, 0.15) is 34.6 Å². The number of carbonyl (C=O) groups excluding carboxylic acids is 1. The molecular weight excluding hydrogens is 408 g/mol. The van der Waals surface area contributed by atoms with Gasteiger partial charge in [-0.1, -0.05) is 15.9 Å². The number of amides is 1. The van der Waals surface area contributed by atoms with E-state index in [4.69, 9.17) is 9.47 Å². The number of nitrogens with zero attached hydrogens (tertiary/aromatic N) is 2. The van der Waals surface area contributed by atoms with Crippen LogP contribution >= 0.6 is 15.9 Å². The van der Waals surface area contributed by atoms with Crippen LogP contribution in [0.3, 0.4) is 0 Å². The molecule has 6 heteroatoms. The number of benzene rings is 1. The van der Waals surface area contributed by atoms with Crippen LogP contribution in [0.5, 0.6) is 0 Å². The van der Waals surface area contributed by atoms with E-state index in [2.05, 4.69) is 32.6 Å². The predicted octanol–water partition coefficient (Wildman–Crippen LogP) is 4.08. The molecule has 2 aromatic rings. The summed E-state index contributed by atoms with van der Waals surface area (Å²) in [6.45, 7) is 6.96. The van der Waals surface area contributed by atoms with Crippen molar-refractivity contribution in [2.45, 2.75) is 33.0 Å². The fraction of sp³-hybridized carbons (Fsp3) is 0.476. The van der Waals surface area contributed by atoms with Gasteiger partial charge in [0.1, 0.15) is 0 Å². The van der Waals surface area contributed by atoms with Crippen LogP contribution in [0.15, 0.2) is 34.8 Å². The van der Waals surface area contributed by atoms with E-state index in [1.165, 1.54) is 0 Å². The van der Waals surface area contributed by atoms with E-state index in [0.717, 1.165) is 53.0 Å². The molecule has 27 heavy (non-hydrogen) atoms. The normalized spacial score (nSPS) is 19.0. The van der Waals surface area contributed by atoms with E-state index < -0.39 is 0 Å². The van der Waals surface area contributed by atoms with Crippen LogP contribution in [-0.2, 0) is 9.47 Å². The maximum Gasteiger partial charge on any atom is 0.255 e. The molecule has 0 radical (unpaired) electrons. The van der Waals surface area contributed by atoms with Gasteiger partial charge in [-0.2, -0.15) is 0 Å². The Balaban J connectivity index is 1.49. The number of aryl methyl sites for hydroxylation is 1. The second-order valence-corrected chi connectivity index (χ2v) is 8.25. The van der Waals surface area contributed by atoms with Gasteiger partial charge in [0.15, 0.2) is 6.29 Å². The molecule has 0 spiro atoms. The van der Waals surface area contributed by atoms with Crippen molar-refractivity contribution >= 4 is 21.8 Å². The van der Waals surface area contributed by atoms with Crippen LogP contribution in [0.4, 0.5) is 0 Å². The number of hydrogen-bond acceptors (Lipinski definition) is 3. The summed E-state index contributed by atoms with van der Waals surface area (Å²) in [5.41, 5.74) is 3.92. The summed E-state index contributed by atoms with van der Waals surface area (Å²) in [6, 6.07) is 10.2. The van der Waals surface area contributed by atoms with Crippen molar-refractivity contribution in [3.63, 3.8) is 0 Å². The molecule has 0 saturated carbocycles. The highest BCUT2D eigenvalue weighted by molar-refractivity contribution is 9.10. The van der Waals surface area contributed by atoms with Gasteiger partial charge >= 0.3 is 0 Å². The zero-order valence-electron chi connectivity index (χ0n) is 15.8. The lowest BCUT2D eigenvalue weighted by atomic mass is 9.95. The van der Waals surface area contributed by atoms with Gasteiger partial charge in [-0.25, -0.2) is 0 Å². The van der Waals surface area contributed by atoms with Gasteiger partial charge in [-0.15, -0.1) is 0 Å². The lowest BCUT2D eigenvalue weighted by molar-refractivity contribution is -0.0956. The lowest BCUT2D eigenvalue weighted by Crippen LogP contribution is -2.41. The SMILES string of the molecule is Cc1cc(C(=O)N2CCC(C3OCCO3)CC2)c(C)n1-c1ccc(Br)cc1. The fourth-order valence-electron chi connectivity index (χ4n) is 4.16. The third-order valence-corrected chi connectivity index (χ3v) is 6.13. The highest BCUT2D eigenvalue weighted by Gasteiger charge is 2.32. The van der Waals surface area contributed by atoms with Crippen molar-refractivity contribution in [1.82, 2.24) is 9.47 Å². The van der Waals surface area contributed by atoms with Gasteiger partial charge in [0, 0.05) is 40.6 Å². The van der Waals surface area contributed by atoms with Crippen molar-refractivity contribution in [2.75, 3.05) is 26.3 Å². The Morgan fingerprint density at radius 3 is 2.33 bits per heavy atom. The predicted molar refractivity (Wildman–Crippen MR) is 107 cm³/mol. The monoisotopic (exact) mass is 432 g/mol. The van der Waals surface area contributed by atoms with E-state index in [1.807, 2.05) is 36.9 Å². The van der Waals surface area contributed by atoms with Gasteiger partial charge in [-0.05, 0) is 57.0 Å². The highest BCUT2D eigenvalue weighted by Crippen LogP contribution is 2.28. The first-order valence-corrected chi connectivity index (χ1v) is 10.3. The molecule has 0 unspecified atom stereocenters. The molecule has 3 heterocycles. The standard InChI is InChI=1S/C21H25BrN2O3/c1-14-13-19(15(2)24(14)18-5-3-17(22)4-6-18)20(25)23-9-7-16(8-10-23)21-26-11-12-27-21/h3-6,13,16,21H,7-12H2,1-2H3. The smallest absolute Gasteiger partial charge is 0.255 e. The highest BCUT2D eigenvalue weighted by atomic mass is 79.9. The van der Waals surface area contributed by atoms with Gasteiger partial charge < -0.3 is 18.9 Å². The molecule has 2 saturated heterocycles. The van der Waals surface area contributed by atoms with E-state index in [9.17, 15) is 4.79 Å². The average Bonchev–Trinajstić information content (AvgIpc) is 3.31. The third-order valence-electron chi connectivity index (χ3n) is 5.61. The Labute approximate surface area is 168 Å². The largest absolute Gasteiger partial charge is 0.350 e. The topological polar surface area (TPSA) is 43.7 Å². The number of halogens is 1. The second-order valence-electron chi connectivity index (χ2n) is 7.34. The summed E-state index contributed by atoms with van der Waals surface area (Å²) < 4.78 is 14.5. The summed E-state index contributed by atoms with van der Waals surface area (Å²) in [5, 5.41) is 0. The molecule has 0 N–H and O–H groups in total. The summed E-state index contributed by atoms with van der Waals surface area (Å²) >= 11 is 3.48. The number of likely N-dealkylation sites (tertiary alicyclic amines) is 1. The van der Waals surface area contributed by atoms with Gasteiger partial charge in [0.2, 0.25) is 0 Å². The Kier molecular flexibility index (Phi) is 5.39. The molecule has 2 aliphatic rings. The number of carbonyl (C=O) groups is 1. The molecule has 144 valence electrons. The molecule has 1 amide bonds. The molecule has 1 aromatic heterocycles. The Morgan fingerprint density at radius 1 is 1.07 bits per heavy atom. The minimum absolute atomic E-state index is 0.0790. The van der Waals surface area contributed by atoms with Crippen molar-refractivity contribution in [3.05, 3.63) is 51.8 Å². The number of ether oxygens (including phenoxy) is 2. The van der Waals surface area contributed by atoms with Crippen LogP contribution < -0.4 is 0 Å². The lowest BCUT2D eigenvalue weighted by Gasteiger charge is -2.33. The molecular formula is C21H25BrN2O3.